The predicted octanol–water partition coefficient (Wildman–Crippen LogP) is 3.64. The molecule has 0 radical (unpaired) electrons. The van der Waals surface area contributed by atoms with Crippen LogP contribution in [0.2, 0.25) is 0 Å². The molecule has 18 heavy (non-hydrogen) atoms. The van der Waals surface area contributed by atoms with Gasteiger partial charge >= 0.3 is 0 Å². The molecule has 0 saturated carbocycles. The lowest BCUT2D eigenvalue weighted by atomic mass is 10.2. The fourth-order valence-electron chi connectivity index (χ4n) is 1.66. The van der Waals surface area contributed by atoms with Gasteiger partial charge in [-0.1, -0.05) is 42.5 Å². The van der Waals surface area contributed by atoms with Crippen LogP contribution in [-0.4, -0.2) is 17.6 Å². The molecule has 2 aromatic carbocycles. The molecule has 0 heterocycles. The van der Waals surface area contributed by atoms with Gasteiger partial charge in [0, 0.05) is 17.0 Å². The summed E-state index contributed by atoms with van der Waals surface area (Å²) in [6.45, 7) is 0.890. The predicted molar refractivity (Wildman–Crippen MR) is 75.6 cm³/mol. The van der Waals surface area contributed by atoms with Crippen molar-refractivity contribution < 1.29 is 4.79 Å². The average molecular weight is 257 g/mol. The standard InChI is InChI=1S/C15H15NOS/c1-16(11-13-5-3-2-4-6-13)18-15-9-7-14(12-17)8-10-15/h2-10,12H,11H2,1H3. The molecule has 2 aromatic rings. The minimum atomic E-state index is 0.713. The van der Waals surface area contributed by atoms with Gasteiger partial charge in [0.1, 0.15) is 6.29 Å². The van der Waals surface area contributed by atoms with Crippen LogP contribution in [0.5, 0.6) is 0 Å². The lowest BCUT2D eigenvalue weighted by molar-refractivity contribution is 0.112. The minimum Gasteiger partial charge on any atom is -0.298 e. The van der Waals surface area contributed by atoms with Gasteiger partial charge < -0.3 is 0 Å². The summed E-state index contributed by atoms with van der Waals surface area (Å²) in [7, 11) is 2.06. The second-order valence-corrected chi connectivity index (χ2v) is 5.33. The normalized spacial score (nSPS) is 10.6. The molecule has 0 aromatic heterocycles. The van der Waals surface area contributed by atoms with Crippen LogP contribution >= 0.6 is 11.9 Å². The minimum absolute atomic E-state index is 0.713. The Balaban J connectivity index is 1.94. The highest BCUT2D eigenvalue weighted by Gasteiger charge is 2.02. The van der Waals surface area contributed by atoms with E-state index in [2.05, 4.69) is 23.5 Å². The van der Waals surface area contributed by atoms with Gasteiger partial charge in [0.05, 0.1) is 0 Å². The van der Waals surface area contributed by atoms with Gasteiger partial charge in [-0.25, -0.2) is 4.31 Å². The molecule has 0 bridgehead atoms. The zero-order chi connectivity index (χ0) is 12.8. The van der Waals surface area contributed by atoms with Gasteiger partial charge in [-0.05, 0) is 36.7 Å². The summed E-state index contributed by atoms with van der Waals surface area (Å²) in [5, 5.41) is 0. The van der Waals surface area contributed by atoms with Crippen LogP contribution in [0.4, 0.5) is 0 Å². The van der Waals surface area contributed by atoms with E-state index < -0.39 is 0 Å². The molecule has 3 heteroatoms. The number of rotatable bonds is 5. The van der Waals surface area contributed by atoms with Crippen molar-refractivity contribution in [3.63, 3.8) is 0 Å². The highest BCUT2D eigenvalue weighted by Crippen LogP contribution is 2.22. The number of hydrogen-bond donors (Lipinski definition) is 0. The van der Waals surface area contributed by atoms with Crippen molar-refractivity contribution in [2.75, 3.05) is 7.05 Å². The van der Waals surface area contributed by atoms with E-state index in [1.165, 1.54) is 5.56 Å². The van der Waals surface area contributed by atoms with Crippen LogP contribution in [0.3, 0.4) is 0 Å². The zero-order valence-corrected chi connectivity index (χ0v) is 11.1. The van der Waals surface area contributed by atoms with E-state index in [9.17, 15) is 4.79 Å². The molecule has 0 saturated heterocycles. The summed E-state index contributed by atoms with van der Waals surface area (Å²) in [6, 6.07) is 18.0. The molecule has 0 fully saturated rings. The van der Waals surface area contributed by atoms with Gasteiger partial charge in [0.25, 0.3) is 0 Å². The van der Waals surface area contributed by atoms with Crippen molar-refractivity contribution in [1.29, 1.82) is 0 Å². The maximum atomic E-state index is 10.6. The molecule has 0 aliphatic rings. The number of nitrogens with zero attached hydrogens (tertiary/aromatic N) is 1. The number of hydrogen-bond acceptors (Lipinski definition) is 3. The average Bonchev–Trinajstić information content (AvgIpc) is 2.40. The third-order valence-corrected chi connectivity index (χ3v) is 3.45. The summed E-state index contributed by atoms with van der Waals surface area (Å²) >= 11 is 1.67. The summed E-state index contributed by atoms with van der Waals surface area (Å²) in [5.74, 6) is 0. The quantitative estimate of drug-likeness (QED) is 0.602. The zero-order valence-electron chi connectivity index (χ0n) is 10.2. The van der Waals surface area contributed by atoms with Crippen molar-refractivity contribution in [3.8, 4) is 0 Å². The number of aldehydes is 1. The molecule has 0 unspecified atom stereocenters. The van der Waals surface area contributed by atoms with Crippen LogP contribution in [0.25, 0.3) is 0 Å². The second kappa shape index (κ2) is 6.38. The Hall–Kier alpha value is -1.58. The van der Waals surface area contributed by atoms with E-state index in [0.717, 1.165) is 17.7 Å². The Morgan fingerprint density at radius 3 is 2.33 bits per heavy atom. The van der Waals surface area contributed by atoms with Crippen LogP contribution in [0.1, 0.15) is 15.9 Å². The third kappa shape index (κ3) is 3.72. The van der Waals surface area contributed by atoms with Crippen LogP contribution in [0, 0.1) is 0 Å². The Bertz CT molecular complexity index is 496. The largest absolute Gasteiger partial charge is 0.298 e. The lowest BCUT2D eigenvalue weighted by Gasteiger charge is -2.15. The van der Waals surface area contributed by atoms with E-state index in [4.69, 9.17) is 0 Å². The molecule has 0 aliphatic heterocycles. The second-order valence-electron chi connectivity index (χ2n) is 4.05. The molecule has 0 spiro atoms. The number of carbonyl (C=O) groups excluding carboxylic acids is 1. The van der Waals surface area contributed by atoms with Gasteiger partial charge in [-0.2, -0.15) is 0 Å². The van der Waals surface area contributed by atoms with Gasteiger partial charge in [-0.3, -0.25) is 4.79 Å². The van der Waals surface area contributed by atoms with E-state index in [1.807, 2.05) is 42.5 Å². The van der Waals surface area contributed by atoms with E-state index >= 15 is 0 Å². The van der Waals surface area contributed by atoms with Crippen LogP contribution < -0.4 is 0 Å². The van der Waals surface area contributed by atoms with Crippen molar-refractivity contribution in [3.05, 3.63) is 65.7 Å². The molecular formula is C15H15NOS. The van der Waals surface area contributed by atoms with E-state index in [1.54, 1.807) is 11.9 Å². The Morgan fingerprint density at radius 1 is 1.06 bits per heavy atom. The van der Waals surface area contributed by atoms with Crippen LogP contribution in [0.15, 0.2) is 59.5 Å². The molecule has 2 rings (SSSR count). The molecule has 0 atom stereocenters. The molecule has 0 N–H and O–H groups in total. The first-order valence-electron chi connectivity index (χ1n) is 5.76. The van der Waals surface area contributed by atoms with Gasteiger partial charge in [0.2, 0.25) is 0 Å². The van der Waals surface area contributed by atoms with Crippen molar-refractivity contribution in [2.24, 2.45) is 0 Å². The first kappa shape index (κ1) is 12.9. The maximum Gasteiger partial charge on any atom is 0.150 e. The smallest absolute Gasteiger partial charge is 0.150 e. The Labute approximate surface area is 112 Å². The van der Waals surface area contributed by atoms with E-state index in [-0.39, 0.29) is 0 Å². The monoisotopic (exact) mass is 257 g/mol. The molecule has 2 nitrogen and oxygen atoms in total. The Kier molecular flexibility index (Phi) is 4.56. The summed E-state index contributed by atoms with van der Waals surface area (Å²) in [4.78, 5) is 11.7. The lowest BCUT2D eigenvalue weighted by Crippen LogP contribution is -2.08. The van der Waals surface area contributed by atoms with Crippen LogP contribution in [-0.2, 0) is 6.54 Å². The number of carbonyl (C=O) groups is 1. The van der Waals surface area contributed by atoms with Crippen molar-refractivity contribution in [1.82, 2.24) is 4.31 Å². The molecular weight excluding hydrogens is 242 g/mol. The topological polar surface area (TPSA) is 20.3 Å². The highest BCUT2D eigenvalue weighted by molar-refractivity contribution is 7.97. The fourth-order valence-corrected chi connectivity index (χ4v) is 2.49. The van der Waals surface area contributed by atoms with Crippen molar-refractivity contribution >= 4 is 18.2 Å². The van der Waals surface area contributed by atoms with E-state index in [0.29, 0.717) is 5.56 Å². The SMILES string of the molecule is CN(Cc1ccccc1)Sc1ccc(C=O)cc1. The highest BCUT2D eigenvalue weighted by atomic mass is 32.2. The van der Waals surface area contributed by atoms with Crippen molar-refractivity contribution in [2.45, 2.75) is 11.4 Å². The maximum absolute atomic E-state index is 10.6. The third-order valence-electron chi connectivity index (χ3n) is 2.53. The first-order chi connectivity index (χ1) is 8.78. The summed E-state index contributed by atoms with van der Waals surface area (Å²) in [6.07, 6.45) is 0.863. The molecule has 92 valence electrons. The van der Waals surface area contributed by atoms with Gasteiger partial charge in [0.15, 0.2) is 0 Å². The molecule has 0 amide bonds. The summed E-state index contributed by atoms with van der Waals surface area (Å²) < 4.78 is 2.17. The number of benzene rings is 2. The summed E-state index contributed by atoms with van der Waals surface area (Å²) in [5.41, 5.74) is 2.00. The molecule has 0 aliphatic carbocycles. The fraction of sp³-hybridized carbons (Fsp3) is 0.133. The first-order valence-corrected chi connectivity index (χ1v) is 6.53. The van der Waals surface area contributed by atoms with Gasteiger partial charge in [-0.15, -0.1) is 0 Å². The Morgan fingerprint density at radius 2 is 1.72 bits per heavy atom.